The zero-order valence-electron chi connectivity index (χ0n) is 16.2. The maximum Gasteiger partial charge on any atom is 1.00 e. The first-order valence-corrected chi connectivity index (χ1v) is 9.75. The van der Waals surface area contributed by atoms with Crippen molar-refractivity contribution >= 4 is 15.8 Å². The van der Waals surface area contributed by atoms with E-state index in [1.165, 1.54) is 4.31 Å². The number of nitrogens with zero attached hydrogens (tertiary/aromatic N) is 2. The van der Waals surface area contributed by atoms with Crippen LogP contribution in [-0.2, 0) is 19.5 Å². The van der Waals surface area contributed by atoms with E-state index in [0.717, 1.165) is 5.56 Å². The fourth-order valence-corrected chi connectivity index (χ4v) is 4.13. The van der Waals surface area contributed by atoms with Gasteiger partial charge in [0, 0.05) is 19.2 Å². The Bertz CT molecular complexity index is 785. The Morgan fingerprint density at radius 1 is 1.15 bits per heavy atom. The predicted octanol–water partition coefficient (Wildman–Crippen LogP) is -0.145. The molecule has 1 saturated heterocycles. The molecule has 1 aliphatic rings. The minimum atomic E-state index is -3.68. The first kappa shape index (κ1) is 21.3. The van der Waals surface area contributed by atoms with Crippen LogP contribution in [0.4, 0.5) is 5.82 Å². The normalized spacial score (nSPS) is 14.8. The molecule has 3 rings (SSSR count). The average Bonchev–Trinajstić information content (AvgIpc) is 3.13. The minimum Gasteiger partial charge on any atom is -1.00 e. The van der Waals surface area contributed by atoms with Gasteiger partial charge < -0.3 is 10.9 Å². The Morgan fingerprint density at radius 3 is 2.46 bits per heavy atom. The SMILES string of the molecule is Cc1ccc(S(=O)(=O)N(CCCC2OCCO2)c2ccccn2)cc1.[H-].[Na+]. The zero-order valence-corrected chi connectivity index (χ0v) is 18.0. The molecular formula is C18H23N2NaO4S. The number of anilines is 1. The molecule has 0 radical (unpaired) electrons. The Kier molecular flexibility index (Phi) is 8.06. The van der Waals surface area contributed by atoms with Crippen molar-refractivity contribution in [2.45, 2.75) is 31.0 Å². The van der Waals surface area contributed by atoms with Gasteiger partial charge in [-0.1, -0.05) is 23.8 Å². The van der Waals surface area contributed by atoms with Crippen LogP contribution in [0.15, 0.2) is 53.6 Å². The maximum absolute atomic E-state index is 13.1. The second kappa shape index (κ2) is 9.82. The van der Waals surface area contributed by atoms with Crippen LogP contribution in [-0.4, -0.2) is 39.5 Å². The van der Waals surface area contributed by atoms with Gasteiger partial charge in [-0.15, -0.1) is 0 Å². The number of aromatic nitrogens is 1. The van der Waals surface area contributed by atoms with Gasteiger partial charge in [0.15, 0.2) is 6.29 Å². The first-order valence-electron chi connectivity index (χ1n) is 8.31. The van der Waals surface area contributed by atoms with E-state index in [1.807, 2.05) is 6.92 Å². The summed E-state index contributed by atoms with van der Waals surface area (Å²) in [6.07, 6.45) is 2.61. The van der Waals surface area contributed by atoms with Crippen molar-refractivity contribution in [2.75, 3.05) is 24.1 Å². The van der Waals surface area contributed by atoms with Crippen molar-refractivity contribution in [1.82, 2.24) is 4.98 Å². The number of hydrogen-bond donors (Lipinski definition) is 0. The summed E-state index contributed by atoms with van der Waals surface area (Å²) in [5.41, 5.74) is 1.01. The Morgan fingerprint density at radius 2 is 1.85 bits per heavy atom. The number of sulfonamides is 1. The molecule has 1 aromatic heterocycles. The Hall–Kier alpha value is -0.960. The second-order valence-corrected chi connectivity index (χ2v) is 7.75. The monoisotopic (exact) mass is 386 g/mol. The second-order valence-electron chi connectivity index (χ2n) is 5.89. The smallest absolute Gasteiger partial charge is 1.00 e. The quantitative estimate of drug-likeness (QED) is 0.620. The Balaban J connectivity index is 0.00000182. The maximum atomic E-state index is 13.1. The van der Waals surface area contributed by atoms with Crippen LogP contribution in [0.1, 0.15) is 19.8 Å². The van der Waals surface area contributed by atoms with Crippen molar-refractivity contribution < 1.29 is 48.9 Å². The predicted molar refractivity (Wildman–Crippen MR) is 96.0 cm³/mol. The number of ether oxygens (including phenoxy) is 2. The molecule has 1 fully saturated rings. The summed E-state index contributed by atoms with van der Waals surface area (Å²) in [6.45, 7) is 3.43. The molecule has 8 heteroatoms. The number of benzene rings is 1. The first-order chi connectivity index (χ1) is 12.1. The van der Waals surface area contributed by atoms with Gasteiger partial charge in [0.05, 0.1) is 18.1 Å². The van der Waals surface area contributed by atoms with E-state index in [4.69, 9.17) is 9.47 Å². The molecule has 0 spiro atoms. The van der Waals surface area contributed by atoms with Crippen LogP contribution in [0.5, 0.6) is 0 Å². The summed E-state index contributed by atoms with van der Waals surface area (Å²) in [4.78, 5) is 4.48. The van der Waals surface area contributed by atoms with E-state index in [9.17, 15) is 8.42 Å². The molecule has 0 aliphatic carbocycles. The summed E-state index contributed by atoms with van der Waals surface area (Å²) in [6, 6.07) is 12.1. The number of pyridine rings is 1. The molecular weight excluding hydrogens is 363 g/mol. The third-order valence-electron chi connectivity index (χ3n) is 4.01. The van der Waals surface area contributed by atoms with Crippen LogP contribution in [0.2, 0.25) is 0 Å². The molecule has 2 aromatic rings. The Labute approximate surface area is 178 Å². The number of aryl methyl sites for hydroxylation is 1. The van der Waals surface area contributed by atoms with Crippen molar-refractivity contribution in [1.29, 1.82) is 0 Å². The van der Waals surface area contributed by atoms with Crippen LogP contribution >= 0.6 is 0 Å². The van der Waals surface area contributed by atoms with Gasteiger partial charge in [-0.2, -0.15) is 0 Å². The number of rotatable bonds is 7. The topological polar surface area (TPSA) is 68.7 Å². The van der Waals surface area contributed by atoms with Gasteiger partial charge in [-0.3, -0.25) is 0 Å². The summed E-state index contributed by atoms with van der Waals surface area (Å²) in [5.74, 6) is 0.413. The third-order valence-corrected chi connectivity index (χ3v) is 5.82. The minimum absolute atomic E-state index is 0. The fraction of sp³-hybridized carbons (Fsp3) is 0.389. The summed E-state index contributed by atoms with van der Waals surface area (Å²) in [7, 11) is -3.68. The van der Waals surface area contributed by atoms with Gasteiger partial charge in [0.25, 0.3) is 10.0 Å². The third kappa shape index (κ3) is 5.28. The molecule has 0 atom stereocenters. The van der Waals surface area contributed by atoms with E-state index >= 15 is 0 Å². The average molecular weight is 386 g/mol. The molecule has 0 unspecified atom stereocenters. The van der Waals surface area contributed by atoms with E-state index < -0.39 is 10.0 Å². The molecule has 0 bridgehead atoms. The largest absolute Gasteiger partial charge is 1.00 e. The molecule has 1 aromatic carbocycles. The molecule has 136 valence electrons. The summed E-state index contributed by atoms with van der Waals surface area (Å²) < 4.78 is 38.4. The van der Waals surface area contributed by atoms with Gasteiger partial charge in [0.1, 0.15) is 5.82 Å². The molecule has 0 N–H and O–H groups in total. The molecule has 2 heterocycles. The molecule has 26 heavy (non-hydrogen) atoms. The van der Waals surface area contributed by atoms with E-state index in [1.54, 1.807) is 48.7 Å². The van der Waals surface area contributed by atoms with Crippen molar-refractivity contribution in [3.8, 4) is 0 Å². The van der Waals surface area contributed by atoms with Gasteiger partial charge in [-0.05, 0) is 37.6 Å². The van der Waals surface area contributed by atoms with Crippen LogP contribution in [0.25, 0.3) is 0 Å². The summed E-state index contributed by atoms with van der Waals surface area (Å²) in [5, 5.41) is 0. The molecule has 1 aliphatic heterocycles. The van der Waals surface area contributed by atoms with Gasteiger partial charge in [-0.25, -0.2) is 17.7 Å². The molecule has 0 saturated carbocycles. The van der Waals surface area contributed by atoms with E-state index in [2.05, 4.69) is 4.98 Å². The number of hydrogen-bond acceptors (Lipinski definition) is 5. The van der Waals surface area contributed by atoms with Crippen molar-refractivity contribution in [2.24, 2.45) is 0 Å². The molecule has 6 nitrogen and oxygen atoms in total. The van der Waals surface area contributed by atoms with Crippen LogP contribution in [0, 0.1) is 6.92 Å². The standard InChI is InChI=1S/C18H22N2O4S.Na.H/c1-15-7-9-16(10-8-15)25(21,22)20(17-5-2-3-11-19-17)12-4-6-18-23-13-14-24-18;;/h2-3,5,7-11,18H,4,6,12-14H2,1H3;;/q;+1;-1. The van der Waals surface area contributed by atoms with Crippen molar-refractivity contribution in [3.63, 3.8) is 0 Å². The summed E-state index contributed by atoms with van der Waals surface area (Å²) >= 11 is 0. The zero-order chi connectivity index (χ0) is 17.7. The van der Waals surface area contributed by atoms with Crippen molar-refractivity contribution in [3.05, 3.63) is 54.2 Å². The van der Waals surface area contributed by atoms with E-state index in [-0.39, 0.29) is 42.2 Å². The molecule has 0 amide bonds. The van der Waals surface area contributed by atoms with Gasteiger partial charge in [0.2, 0.25) is 0 Å². The van der Waals surface area contributed by atoms with Crippen LogP contribution < -0.4 is 33.9 Å². The van der Waals surface area contributed by atoms with Crippen LogP contribution in [0.3, 0.4) is 0 Å². The van der Waals surface area contributed by atoms with Gasteiger partial charge >= 0.3 is 29.6 Å². The fourth-order valence-electron chi connectivity index (χ4n) is 2.67. The van der Waals surface area contributed by atoms with E-state index in [0.29, 0.717) is 38.4 Å².